The fraction of sp³-hybridized carbons (Fsp3) is 0.800. The average Bonchev–Trinajstić information content (AvgIpc) is 2.26. The Hall–Kier alpha value is -1.10. The second kappa shape index (κ2) is 5.70. The molecule has 1 atom stereocenters. The number of likely N-dealkylation sites (tertiary alicyclic amines) is 1. The minimum atomic E-state index is -0.806. The number of carboxylic acids is 1. The summed E-state index contributed by atoms with van der Waals surface area (Å²) < 4.78 is 4.81. The first kappa shape index (κ1) is 12.0. The second-order valence-electron chi connectivity index (χ2n) is 3.76. The van der Waals surface area contributed by atoms with E-state index in [4.69, 9.17) is 9.84 Å². The second-order valence-corrected chi connectivity index (χ2v) is 3.76. The molecule has 5 heteroatoms. The van der Waals surface area contributed by atoms with Crippen LogP contribution in [-0.2, 0) is 14.3 Å². The van der Waals surface area contributed by atoms with Crippen molar-refractivity contribution in [3.05, 3.63) is 0 Å². The zero-order valence-corrected chi connectivity index (χ0v) is 8.94. The van der Waals surface area contributed by atoms with Crippen molar-refractivity contribution in [3.8, 4) is 0 Å². The fourth-order valence-electron chi connectivity index (χ4n) is 1.75. The van der Waals surface area contributed by atoms with Gasteiger partial charge in [-0.05, 0) is 12.8 Å². The molecule has 15 heavy (non-hydrogen) atoms. The molecule has 0 unspecified atom stereocenters. The summed E-state index contributed by atoms with van der Waals surface area (Å²) in [6.45, 7) is 1.41. The molecule has 0 saturated carbocycles. The van der Waals surface area contributed by atoms with Gasteiger partial charge in [-0.15, -0.1) is 0 Å². The molecular formula is C10H17NO4. The Balaban J connectivity index is 2.41. The van der Waals surface area contributed by atoms with E-state index < -0.39 is 11.9 Å². The third kappa shape index (κ3) is 3.51. The normalized spacial score (nSPS) is 21.4. The molecule has 1 N–H and O–H groups in total. The first-order valence-corrected chi connectivity index (χ1v) is 5.14. The molecule has 0 aromatic heterocycles. The van der Waals surface area contributed by atoms with Crippen LogP contribution in [0.25, 0.3) is 0 Å². The maximum absolute atomic E-state index is 11.6. The van der Waals surface area contributed by atoms with Gasteiger partial charge in [0, 0.05) is 20.2 Å². The lowest BCUT2D eigenvalue weighted by atomic mass is 9.98. The van der Waals surface area contributed by atoms with Gasteiger partial charge in [-0.1, -0.05) is 0 Å². The van der Waals surface area contributed by atoms with Crippen LogP contribution >= 0.6 is 0 Å². The highest BCUT2D eigenvalue weighted by molar-refractivity contribution is 5.78. The van der Waals surface area contributed by atoms with Crippen LogP contribution in [0.15, 0.2) is 0 Å². The molecule has 1 saturated heterocycles. The Kier molecular flexibility index (Phi) is 4.55. The van der Waals surface area contributed by atoms with Crippen molar-refractivity contribution in [3.63, 3.8) is 0 Å². The van der Waals surface area contributed by atoms with Crippen molar-refractivity contribution in [2.75, 3.05) is 26.8 Å². The molecule has 5 nitrogen and oxygen atoms in total. The highest BCUT2D eigenvalue weighted by Gasteiger charge is 2.27. The van der Waals surface area contributed by atoms with Crippen molar-refractivity contribution in [2.45, 2.75) is 19.3 Å². The number of ether oxygens (including phenoxy) is 1. The van der Waals surface area contributed by atoms with E-state index in [1.165, 1.54) is 0 Å². The van der Waals surface area contributed by atoms with Gasteiger partial charge in [0.05, 0.1) is 18.9 Å². The summed E-state index contributed by atoms with van der Waals surface area (Å²) in [5, 5.41) is 8.85. The fourth-order valence-corrected chi connectivity index (χ4v) is 1.75. The van der Waals surface area contributed by atoms with E-state index in [1.807, 2.05) is 0 Å². The van der Waals surface area contributed by atoms with Crippen LogP contribution in [0.4, 0.5) is 0 Å². The molecule has 0 aromatic rings. The molecule has 0 bridgehead atoms. The van der Waals surface area contributed by atoms with Crippen molar-refractivity contribution in [1.82, 2.24) is 4.90 Å². The lowest BCUT2D eigenvalue weighted by Crippen LogP contribution is -2.42. The van der Waals surface area contributed by atoms with E-state index in [0.29, 0.717) is 32.5 Å². The Bertz CT molecular complexity index is 242. The number of rotatable bonds is 4. The molecule has 1 amide bonds. The number of amides is 1. The van der Waals surface area contributed by atoms with Crippen LogP contribution in [0.3, 0.4) is 0 Å². The van der Waals surface area contributed by atoms with Gasteiger partial charge < -0.3 is 14.7 Å². The molecule has 1 rings (SSSR count). The van der Waals surface area contributed by atoms with Gasteiger partial charge in [0.25, 0.3) is 0 Å². The summed E-state index contributed by atoms with van der Waals surface area (Å²) in [4.78, 5) is 24.0. The van der Waals surface area contributed by atoms with Gasteiger partial charge in [-0.25, -0.2) is 0 Å². The number of hydrogen-bond donors (Lipinski definition) is 1. The quantitative estimate of drug-likeness (QED) is 0.734. The maximum atomic E-state index is 11.6. The Morgan fingerprint density at radius 1 is 1.53 bits per heavy atom. The largest absolute Gasteiger partial charge is 0.481 e. The van der Waals surface area contributed by atoms with Crippen LogP contribution < -0.4 is 0 Å². The lowest BCUT2D eigenvalue weighted by molar-refractivity contribution is -0.145. The van der Waals surface area contributed by atoms with Crippen LogP contribution in [0.2, 0.25) is 0 Å². The van der Waals surface area contributed by atoms with Crippen LogP contribution in [-0.4, -0.2) is 48.7 Å². The molecule has 86 valence electrons. The summed E-state index contributed by atoms with van der Waals surface area (Å²) in [6.07, 6.45) is 1.78. The van der Waals surface area contributed by atoms with E-state index in [2.05, 4.69) is 0 Å². The summed E-state index contributed by atoms with van der Waals surface area (Å²) in [5.41, 5.74) is 0. The standard InChI is InChI=1S/C10H17NO4/c1-15-6-4-9(12)11-5-2-3-8(7-11)10(13)14/h8H,2-7H2,1H3,(H,13,14)/t8-/m0/s1. The minimum absolute atomic E-state index is 0.0113. The monoisotopic (exact) mass is 215 g/mol. The molecule has 0 radical (unpaired) electrons. The van der Waals surface area contributed by atoms with Gasteiger partial charge in [0.2, 0.25) is 5.91 Å². The maximum Gasteiger partial charge on any atom is 0.308 e. The van der Waals surface area contributed by atoms with Crippen molar-refractivity contribution < 1.29 is 19.4 Å². The van der Waals surface area contributed by atoms with E-state index in [-0.39, 0.29) is 5.91 Å². The summed E-state index contributed by atoms with van der Waals surface area (Å²) in [7, 11) is 1.55. The van der Waals surface area contributed by atoms with Gasteiger partial charge in [-0.2, -0.15) is 0 Å². The third-order valence-electron chi connectivity index (χ3n) is 2.64. The number of piperidine rings is 1. The molecule has 1 fully saturated rings. The number of methoxy groups -OCH3 is 1. The van der Waals surface area contributed by atoms with Gasteiger partial charge in [-0.3, -0.25) is 9.59 Å². The summed E-state index contributed by atoms with van der Waals surface area (Å²) in [6, 6.07) is 0. The third-order valence-corrected chi connectivity index (χ3v) is 2.64. The van der Waals surface area contributed by atoms with E-state index >= 15 is 0 Å². The number of hydrogen-bond acceptors (Lipinski definition) is 3. The minimum Gasteiger partial charge on any atom is -0.481 e. The molecule has 0 spiro atoms. The molecule has 0 aliphatic carbocycles. The first-order chi connectivity index (χ1) is 7.15. The molecule has 1 aliphatic rings. The number of carboxylic acid groups (broad SMARTS) is 1. The van der Waals surface area contributed by atoms with Gasteiger partial charge >= 0.3 is 5.97 Å². The summed E-state index contributed by atoms with van der Waals surface area (Å²) in [5.74, 6) is -1.22. The van der Waals surface area contributed by atoms with E-state index in [1.54, 1.807) is 12.0 Å². The van der Waals surface area contributed by atoms with Gasteiger partial charge in [0.15, 0.2) is 0 Å². The lowest BCUT2D eigenvalue weighted by Gasteiger charge is -2.30. The SMILES string of the molecule is COCCC(=O)N1CCC[C@H](C(=O)O)C1. The molecule has 1 aliphatic heterocycles. The summed E-state index contributed by atoms with van der Waals surface area (Å²) >= 11 is 0. The number of nitrogens with zero attached hydrogens (tertiary/aromatic N) is 1. The first-order valence-electron chi connectivity index (χ1n) is 5.14. The number of aliphatic carboxylic acids is 1. The van der Waals surface area contributed by atoms with E-state index in [9.17, 15) is 9.59 Å². The number of carbonyl (C=O) groups excluding carboxylic acids is 1. The highest BCUT2D eigenvalue weighted by Crippen LogP contribution is 2.17. The Labute approximate surface area is 89.0 Å². The zero-order valence-electron chi connectivity index (χ0n) is 8.94. The van der Waals surface area contributed by atoms with Crippen LogP contribution in [0, 0.1) is 5.92 Å². The van der Waals surface area contributed by atoms with Crippen LogP contribution in [0.1, 0.15) is 19.3 Å². The predicted octanol–water partition coefficient (Wildman–Crippen LogP) is 0.346. The average molecular weight is 215 g/mol. The van der Waals surface area contributed by atoms with Crippen molar-refractivity contribution >= 4 is 11.9 Å². The van der Waals surface area contributed by atoms with E-state index in [0.717, 1.165) is 6.42 Å². The topological polar surface area (TPSA) is 66.8 Å². The Morgan fingerprint density at radius 3 is 2.87 bits per heavy atom. The molecular weight excluding hydrogens is 198 g/mol. The Morgan fingerprint density at radius 2 is 2.27 bits per heavy atom. The predicted molar refractivity (Wildman–Crippen MR) is 53.4 cm³/mol. The molecule has 1 heterocycles. The zero-order chi connectivity index (χ0) is 11.3. The van der Waals surface area contributed by atoms with Crippen molar-refractivity contribution in [1.29, 1.82) is 0 Å². The van der Waals surface area contributed by atoms with Crippen molar-refractivity contribution in [2.24, 2.45) is 5.92 Å². The highest BCUT2D eigenvalue weighted by atomic mass is 16.5. The molecule has 0 aromatic carbocycles. The van der Waals surface area contributed by atoms with Gasteiger partial charge in [0.1, 0.15) is 0 Å². The number of carbonyl (C=O) groups is 2. The van der Waals surface area contributed by atoms with Crippen LogP contribution in [0.5, 0.6) is 0 Å². The smallest absolute Gasteiger partial charge is 0.308 e.